The summed E-state index contributed by atoms with van der Waals surface area (Å²) in [4.78, 5) is 12.8. The Morgan fingerprint density at radius 2 is 2.17 bits per heavy atom. The molecule has 0 spiro atoms. The smallest absolute Gasteiger partial charge is 0.307 e. The molecule has 0 unspecified atom stereocenters. The average molecular weight is 255 g/mol. The van der Waals surface area contributed by atoms with E-state index in [0.717, 1.165) is 6.07 Å². The molecule has 1 heterocycles. The van der Waals surface area contributed by atoms with E-state index in [0.29, 0.717) is 25.1 Å². The Hall–Kier alpha value is -1.49. The van der Waals surface area contributed by atoms with Gasteiger partial charge in [-0.15, -0.1) is 0 Å². The van der Waals surface area contributed by atoms with Gasteiger partial charge in [0, 0.05) is 12.6 Å². The number of aliphatic carboxylic acids is 1. The van der Waals surface area contributed by atoms with Crippen molar-refractivity contribution in [3.63, 3.8) is 0 Å². The maximum Gasteiger partial charge on any atom is 0.307 e. The van der Waals surface area contributed by atoms with Crippen LogP contribution in [0.4, 0.5) is 8.78 Å². The molecular formula is C13H15F2NO2. The molecule has 3 nitrogen and oxygen atoms in total. The first-order valence-electron chi connectivity index (χ1n) is 5.91. The summed E-state index contributed by atoms with van der Waals surface area (Å²) in [5, 5.41) is 8.93. The van der Waals surface area contributed by atoms with Gasteiger partial charge in [0.1, 0.15) is 0 Å². The molecule has 1 N–H and O–H groups in total. The zero-order chi connectivity index (χ0) is 13.3. The third-order valence-corrected chi connectivity index (χ3v) is 3.54. The first kappa shape index (κ1) is 13.0. The van der Waals surface area contributed by atoms with Gasteiger partial charge in [0.25, 0.3) is 0 Å². The van der Waals surface area contributed by atoms with Gasteiger partial charge in [0.15, 0.2) is 11.6 Å². The van der Waals surface area contributed by atoms with Crippen LogP contribution < -0.4 is 0 Å². The number of hydrogen-bond donors (Lipinski definition) is 1. The largest absolute Gasteiger partial charge is 0.481 e. The Kier molecular flexibility index (Phi) is 3.61. The molecule has 0 saturated carbocycles. The van der Waals surface area contributed by atoms with Crippen molar-refractivity contribution >= 4 is 5.97 Å². The third kappa shape index (κ3) is 2.51. The highest BCUT2D eigenvalue weighted by atomic mass is 19.2. The lowest BCUT2D eigenvalue weighted by atomic mass is 10.1. The zero-order valence-electron chi connectivity index (χ0n) is 10.1. The van der Waals surface area contributed by atoms with Crippen LogP contribution >= 0.6 is 0 Å². The van der Waals surface area contributed by atoms with E-state index in [1.165, 1.54) is 12.1 Å². The Labute approximate surface area is 104 Å². The predicted octanol–water partition coefficient (Wildman–Crippen LogP) is 2.43. The van der Waals surface area contributed by atoms with E-state index in [1.54, 1.807) is 0 Å². The van der Waals surface area contributed by atoms with Crippen LogP contribution in [0, 0.1) is 17.6 Å². The summed E-state index contributed by atoms with van der Waals surface area (Å²) in [6.45, 7) is 2.99. The summed E-state index contributed by atoms with van der Waals surface area (Å²) >= 11 is 0. The SMILES string of the molecule is C[C@H](c1ccc(F)c(F)c1)N1CC[C@H](C(=O)O)C1. The number of hydrogen-bond acceptors (Lipinski definition) is 2. The maximum atomic E-state index is 13.1. The van der Waals surface area contributed by atoms with Crippen molar-refractivity contribution in [1.82, 2.24) is 4.90 Å². The standard InChI is InChI=1S/C13H15F2NO2/c1-8(9-2-3-11(14)12(15)6-9)16-5-4-10(7-16)13(17)18/h2-3,6,8,10H,4-5,7H2,1H3,(H,17,18)/t8-,10+/m1/s1. The van der Waals surface area contributed by atoms with E-state index in [4.69, 9.17) is 5.11 Å². The number of halogens is 2. The molecule has 0 radical (unpaired) electrons. The minimum absolute atomic E-state index is 0.107. The van der Waals surface area contributed by atoms with Crippen molar-refractivity contribution in [2.24, 2.45) is 5.92 Å². The monoisotopic (exact) mass is 255 g/mol. The van der Waals surface area contributed by atoms with Crippen molar-refractivity contribution in [3.8, 4) is 0 Å². The van der Waals surface area contributed by atoms with Gasteiger partial charge in [-0.05, 0) is 37.6 Å². The molecular weight excluding hydrogens is 240 g/mol. The Morgan fingerprint density at radius 1 is 1.44 bits per heavy atom. The Bertz CT molecular complexity index is 464. The number of nitrogens with zero attached hydrogens (tertiary/aromatic N) is 1. The van der Waals surface area contributed by atoms with Crippen LogP contribution in [-0.4, -0.2) is 29.1 Å². The fourth-order valence-corrected chi connectivity index (χ4v) is 2.32. The Morgan fingerprint density at radius 3 is 2.72 bits per heavy atom. The second-order valence-electron chi connectivity index (χ2n) is 4.67. The fourth-order valence-electron chi connectivity index (χ4n) is 2.32. The zero-order valence-corrected chi connectivity index (χ0v) is 10.1. The highest BCUT2D eigenvalue weighted by Crippen LogP contribution is 2.28. The molecule has 1 aromatic rings. The van der Waals surface area contributed by atoms with Crippen LogP contribution in [0.1, 0.15) is 24.9 Å². The molecule has 1 aliphatic heterocycles. The maximum absolute atomic E-state index is 13.1. The van der Waals surface area contributed by atoms with Gasteiger partial charge in [-0.2, -0.15) is 0 Å². The van der Waals surface area contributed by atoms with Gasteiger partial charge in [-0.1, -0.05) is 6.07 Å². The van der Waals surface area contributed by atoms with Crippen LogP contribution in [0.2, 0.25) is 0 Å². The van der Waals surface area contributed by atoms with Crippen LogP contribution in [0.5, 0.6) is 0 Å². The predicted molar refractivity (Wildman–Crippen MR) is 62.1 cm³/mol. The number of likely N-dealkylation sites (tertiary alicyclic amines) is 1. The van der Waals surface area contributed by atoms with Gasteiger partial charge < -0.3 is 5.11 Å². The van der Waals surface area contributed by atoms with Gasteiger partial charge >= 0.3 is 5.97 Å². The van der Waals surface area contributed by atoms with E-state index < -0.39 is 17.6 Å². The van der Waals surface area contributed by atoms with E-state index in [9.17, 15) is 13.6 Å². The van der Waals surface area contributed by atoms with Gasteiger partial charge in [-0.3, -0.25) is 9.69 Å². The summed E-state index contributed by atoms with van der Waals surface area (Å²) in [5.74, 6) is -2.89. The lowest BCUT2D eigenvalue weighted by molar-refractivity contribution is -0.141. The summed E-state index contributed by atoms with van der Waals surface area (Å²) in [6, 6.07) is 3.71. The molecule has 1 saturated heterocycles. The molecule has 1 fully saturated rings. The van der Waals surface area contributed by atoms with Crippen molar-refractivity contribution in [1.29, 1.82) is 0 Å². The van der Waals surface area contributed by atoms with E-state index >= 15 is 0 Å². The third-order valence-electron chi connectivity index (χ3n) is 3.54. The fraction of sp³-hybridized carbons (Fsp3) is 0.462. The van der Waals surface area contributed by atoms with Gasteiger partial charge in [0.2, 0.25) is 0 Å². The first-order chi connectivity index (χ1) is 8.49. The first-order valence-corrected chi connectivity index (χ1v) is 5.91. The lowest BCUT2D eigenvalue weighted by Gasteiger charge is -2.24. The molecule has 98 valence electrons. The van der Waals surface area contributed by atoms with Crippen molar-refractivity contribution in [2.75, 3.05) is 13.1 Å². The summed E-state index contributed by atoms with van der Waals surface area (Å²) in [5.41, 5.74) is 0.667. The summed E-state index contributed by atoms with van der Waals surface area (Å²) in [6.07, 6.45) is 0.601. The molecule has 18 heavy (non-hydrogen) atoms. The number of carboxylic acid groups (broad SMARTS) is 1. The molecule has 2 rings (SSSR count). The molecule has 0 bridgehead atoms. The second-order valence-corrected chi connectivity index (χ2v) is 4.67. The van der Waals surface area contributed by atoms with Gasteiger partial charge in [0.05, 0.1) is 5.92 Å². The quantitative estimate of drug-likeness (QED) is 0.901. The van der Waals surface area contributed by atoms with Crippen molar-refractivity contribution in [3.05, 3.63) is 35.4 Å². The highest BCUT2D eigenvalue weighted by Gasteiger charge is 2.31. The normalized spacial score (nSPS) is 22.1. The summed E-state index contributed by atoms with van der Waals surface area (Å²) in [7, 11) is 0. The van der Waals surface area contributed by atoms with Crippen LogP contribution in [0.15, 0.2) is 18.2 Å². The lowest BCUT2D eigenvalue weighted by Crippen LogP contribution is -2.26. The molecule has 0 aromatic heterocycles. The summed E-state index contributed by atoms with van der Waals surface area (Å²) < 4.78 is 26.0. The minimum atomic E-state index is -0.867. The van der Waals surface area contributed by atoms with E-state index in [1.807, 2.05) is 11.8 Å². The Balaban J connectivity index is 2.10. The molecule has 0 aliphatic carbocycles. The number of benzene rings is 1. The van der Waals surface area contributed by atoms with Gasteiger partial charge in [-0.25, -0.2) is 8.78 Å². The van der Waals surface area contributed by atoms with Crippen molar-refractivity contribution < 1.29 is 18.7 Å². The highest BCUT2D eigenvalue weighted by molar-refractivity contribution is 5.70. The van der Waals surface area contributed by atoms with Crippen LogP contribution in [0.3, 0.4) is 0 Å². The number of rotatable bonds is 3. The van der Waals surface area contributed by atoms with Crippen molar-refractivity contribution in [2.45, 2.75) is 19.4 Å². The molecule has 0 amide bonds. The molecule has 2 atom stereocenters. The topological polar surface area (TPSA) is 40.5 Å². The van der Waals surface area contributed by atoms with E-state index in [2.05, 4.69) is 0 Å². The molecule has 1 aliphatic rings. The van der Waals surface area contributed by atoms with Crippen LogP contribution in [0.25, 0.3) is 0 Å². The average Bonchev–Trinajstić information content (AvgIpc) is 2.81. The van der Waals surface area contributed by atoms with E-state index in [-0.39, 0.29) is 12.0 Å². The second kappa shape index (κ2) is 5.02. The number of carbonyl (C=O) groups is 1. The molecule has 5 heteroatoms. The minimum Gasteiger partial charge on any atom is -0.481 e. The number of carboxylic acids is 1. The van der Waals surface area contributed by atoms with Crippen LogP contribution in [-0.2, 0) is 4.79 Å². The molecule has 1 aromatic carbocycles.